The zero-order chi connectivity index (χ0) is 26.8. The first kappa shape index (κ1) is 28.7. The number of allylic oxidation sites excluding steroid dienone is 2. The van der Waals surface area contributed by atoms with Crippen molar-refractivity contribution in [1.82, 2.24) is 5.32 Å². The van der Waals surface area contributed by atoms with Gasteiger partial charge in [-0.3, -0.25) is 9.79 Å². The molecule has 2 rings (SSSR count). The minimum atomic E-state index is -0.948. The lowest BCUT2D eigenvalue weighted by molar-refractivity contribution is 0.0939. The summed E-state index contributed by atoms with van der Waals surface area (Å²) in [5.74, 6) is -1.72. The minimum Gasteiger partial charge on any atom is -0.386 e. The Hall–Kier alpha value is -3.52. The highest BCUT2D eigenvalue weighted by Crippen LogP contribution is 2.25. The molecule has 0 aromatic heterocycles. The molecule has 0 aliphatic carbocycles. The molecule has 9 heteroatoms. The smallest absolute Gasteiger partial charge is 0.253 e. The SMILES string of the molecule is C/C=C\N=C(Nc1ccc(C(=O)NC(C)CC)c(Cl)c1)C(C)=N/C=C(\C)c1ccc(NC)c(F)c1F. The standard InChI is InChI=1S/C27H32ClF2N5O/c1-7-13-32-26(35-19-9-10-21(22(28)14-19)27(36)34-17(4)8-2)18(5)33-15-16(3)20-11-12-23(31-6)25(30)24(20)29/h7,9-15,17,31H,8H2,1-6H3,(H,32,35)(H,34,36)/b13-7-,16-15+,33-18?. The number of benzene rings is 2. The Kier molecular flexibility index (Phi) is 10.8. The van der Waals surface area contributed by atoms with Crippen molar-refractivity contribution in [3.63, 3.8) is 0 Å². The van der Waals surface area contributed by atoms with Crippen LogP contribution in [-0.2, 0) is 0 Å². The number of halogens is 3. The quantitative estimate of drug-likeness (QED) is 0.247. The Morgan fingerprint density at radius 2 is 1.81 bits per heavy atom. The number of carbonyl (C=O) groups excluding carboxylic acids is 1. The molecule has 192 valence electrons. The second-order valence-corrected chi connectivity index (χ2v) is 8.53. The van der Waals surface area contributed by atoms with Gasteiger partial charge in [0, 0.05) is 36.7 Å². The summed E-state index contributed by atoms with van der Waals surface area (Å²) in [5, 5.41) is 8.94. The Balaban J connectivity index is 2.30. The van der Waals surface area contributed by atoms with Gasteiger partial charge in [0.25, 0.3) is 5.91 Å². The Labute approximate surface area is 216 Å². The first-order valence-corrected chi connectivity index (χ1v) is 11.9. The molecule has 2 aromatic carbocycles. The molecule has 0 saturated heterocycles. The molecule has 0 saturated carbocycles. The molecular weight excluding hydrogens is 484 g/mol. The third-order valence-electron chi connectivity index (χ3n) is 5.39. The van der Waals surface area contributed by atoms with Crippen molar-refractivity contribution in [2.45, 2.75) is 47.1 Å². The van der Waals surface area contributed by atoms with Crippen molar-refractivity contribution in [3.05, 3.63) is 76.6 Å². The van der Waals surface area contributed by atoms with Crippen LogP contribution in [0.15, 0.2) is 58.8 Å². The molecule has 2 aromatic rings. The molecule has 36 heavy (non-hydrogen) atoms. The Morgan fingerprint density at radius 3 is 2.42 bits per heavy atom. The average molecular weight is 516 g/mol. The van der Waals surface area contributed by atoms with Gasteiger partial charge >= 0.3 is 0 Å². The van der Waals surface area contributed by atoms with E-state index in [9.17, 15) is 13.6 Å². The van der Waals surface area contributed by atoms with Crippen LogP contribution in [0, 0.1) is 11.6 Å². The number of amidine groups is 1. The molecule has 0 fully saturated rings. The van der Waals surface area contributed by atoms with Crippen LogP contribution in [0.3, 0.4) is 0 Å². The van der Waals surface area contributed by atoms with Crippen molar-refractivity contribution in [1.29, 1.82) is 0 Å². The normalized spacial score (nSPS) is 13.6. The number of hydrogen-bond acceptors (Lipinski definition) is 4. The molecule has 0 aliphatic rings. The summed E-state index contributed by atoms with van der Waals surface area (Å²) in [4.78, 5) is 21.2. The van der Waals surface area contributed by atoms with E-state index in [1.54, 1.807) is 44.3 Å². The van der Waals surface area contributed by atoms with Crippen molar-refractivity contribution in [2.24, 2.45) is 9.98 Å². The highest BCUT2D eigenvalue weighted by molar-refractivity contribution is 6.45. The third-order valence-corrected chi connectivity index (χ3v) is 5.70. The largest absolute Gasteiger partial charge is 0.386 e. The molecule has 1 amide bonds. The number of hydrogen-bond donors (Lipinski definition) is 3. The molecule has 6 nitrogen and oxygen atoms in total. The molecule has 1 unspecified atom stereocenters. The molecular formula is C27H32ClF2N5O. The number of amides is 1. The summed E-state index contributed by atoms with van der Waals surface area (Å²) in [7, 11) is 1.52. The van der Waals surface area contributed by atoms with Crippen molar-refractivity contribution in [2.75, 3.05) is 17.7 Å². The topological polar surface area (TPSA) is 77.9 Å². The van der Waals surface area contributed by atoms with E-state index in [1.165, 1.54) is 25.4 Å². The molecule has 0 radical (unpaired) electrons. The summed E-state index contributed by atoms with van der Waals surface area (Å²) in [5.41, 5.74) is 2.11. The highest BCUT2D eigenvalue weighted by atomic mass is 35.5. The monoisotopic (exact) mass is 515 g/mol. The minimum absolute atomic E-state index is 0.0347. The van der Waals surface area contributed by atoms with Gasteiger partial charge in [-0.15, -0.1) is 0 Å². The first-order chi connectivity index (χ1) is 17.1. The van der Waals surface area contributed by atoms with E-state index in [-0.39, 0.29) is 23.2 Å². The summed E-state index contributed by atoms with van der Waals surface area (Å²) in [6.07, 6.45) is 5.61. The number of anilines is 2. The van der Waals surface area contributed by atoms with Crippen LogP contribution < -0.4 is 16.0 Å². The third kappa shape index (κ3) is 7.49. The first-order valence-electron chi connectivity index (χ1n) is 11.6. The van der Waals surface area contributed by atoms with E-state index in [0.717, 1.165) is 6.42 Å². The zero-order valence-electron chi connectivity index (χ0n) is 21.3. The summed E-state index contributed by atoms with van der Waals surface area (Å²) >= 11 is 6.37. The fraction of sp³-hybridized carbons (Fsp3) is 0.296. The van der Waals surface area contributed by atoms with Crippen molar-refractivity contribution >= 4 is 46.0 Å². The molecule has 1 atom stereocenters. The van der Waals surface area contributed by atoms with Crippen LogP contribution in [0.2, 0.25) is 5.02 Å². The number of nitrogens with zero attached hydrogens (tertiary/aromatic N) is 2. The number of carbonyl (C=O) groups is 1. The van der Waals surface area contributed by atoms with Crippen molar-refractivity contribution < 1.29 is 13.6 Å². The molecule has 3 N–H and O–H groups in total. The van der Waals surface area contributed by atoms with E-state index in [2.05, 4.69) is 25.9 Å². The van der Waals surface area contributed by atoms with Gasteiger partial charge in [0.2, 0.25) is 0 Å². The highest BCUT2D eigenvalue weighted by Gasteiger charge is 2.15. The second-order valence-electron chi connectivity index (χ2n) is 8.13. The lowest BCUT2D eigenvalue weighted by atomic mass is 10.1. The fourth-order valence-electron chi connectivity index (χ4n) is 3.05. The molecule has 0 spiro atoms. The van der Waals surface area contributed by atoms with Gasteiger partial charge in [-0.2, -0.15) is 0 Å². The average Bonchev–Trinajstić information content (AvgIpc) is 2.86. The lowest BCUT2D eigenvalue weighted by Gasteiger charge is -2.14. The number of nitrogens with one attached hydrogen (secondary N) is 3. The lowest BCUT2D eigenvalue weighted by Crippen LogP contribution is -2.32. The van der Waals surface area contributed by atoms with Crippen LogP contribution in [0.25, 0.3) is 5.57 Å². The summed E-state index contributed by atoms with van der Waals surface area (Å²) in [6.45, 7) is 9.11. The maximum atomic E-state index is 14.5. The van der Waals surface area contributed by atoms with Crippen LogP contribution >= 0.6 is 11.6 Å². The number of rotatable bonds is 9. The second kappa shape index (κ2) is 13.5. The Bertz CT molecular complexity index is 1220. The van der Waals surface area contributed by atoms with Crippen LogP contribution in [0.5, 0.6) is 0 Å². The van der Waals surface area contributed by atoms with Gasteiger partial charge in [0.15, 0.2) is 17.5 Å². The van der Waals surface area contributed by atoms with Crippen molar-refractivity contribution in [3.8, 4) is 0 Å². The Morgan fingerprint density at radius 1 is 1.11 bits per heavy atom. The zero-order valence-corrected chi connectivity index (χ0v) is 22.1. The van der Waals surface area contributed by atoms with Gasteiger partial charge in [0.1, 0.15) is 0 Å². The van der Waals surface area contributed by atoms with E-state index < -0.39 is 11.6 Å². The molecule has 0 bridgehead atoms. The van der Waals surface area contributed by atoms with Crippen LogP contribution in [0.1, 0.15) is 57.0 Å². The summed E-state index contributed by atoms with van der Waals surface area (Å²) < 4.78 is 28.6. The molecule has 0 heterocycles. The van der Waals surface area contributed by atoms with Gasteiger partial charge in [0.05, 0.1) is 22.0 Å². The van der Waals surface area contributed by atoms with Gasteiger partial charge in [-0.1, -0.05) is 24.6 Å². The number of aliphatic imine (C=N–C) groups is 2. The maximum Gasteiger partial charge on any atom is 0.253 e. The molecule has 0 aliphatic heterocycles. The van der Waals surface area contributed by atoms with E-state index >= 15 is 0 Å². The predicted octanol–water partition coefficient (Wildman–Crippen LogP) is 7.05. The van der Waals surface area contributed by atoms with E-state index in [0.29, 0.717) is 33.4 Å². The predicted molar refractivity (Wildman–Crippen MR) is 147 cm³/mol. The van der Waals surface area contributed by atoms with Gasteiger partial charge in [-0.25, -0.2) is 13.8 Å². The van der Waals surface area contributed by atoms with Gasteiger partial charge < -0.3 is 16.0 Å². The maximum absolute atomic E-state index is 14.5. The van der Waals surface area contributed by atoms with E-state index in [4.69, 9.17) is 11.6 Å². The summed E-state index contributed by atoms with van der Waals surface area (Å²) in [6, 6.07) is 7.99. The van der Waals surface area contributed by atoms with Gasteiger partial charge in [-0.05, 0) is 70.0 Å². The van der Waals surface area contributed by atoms with Crippen LogP contribution in [0.4, 0.5) is 20.2 Å². The van der Waals surface area contributed by atoms with E-state index in [1.807, 2.05) is 20.8 Å². The van der Waals surface area contributed by atoms with Crippen LogP contribution in [-0.4, -0.2) is 30.5 Å². The fourth-order valence-corrected chi connectivity index (χ4v) is 3.32.